The Morgan fingerprint density at radius 1 is 1.25 bits per heavy atom. The van der Waals surface area contributed by atoms with E-state index in [1.165, 1.54) is 21.1 Å². The Morgan fingerprint density at radius 2 is 1.75 bits per heavy atom. The summed E-state index contributed by atoms with van der Waals surface area (Å²) in [5.41, 5.74) is 5.18. The van der Waals surface area contributed by atoms with Crippen molar-refractivity contribution in [1.29, 1.82) is 0 Å². The molecule has 12 heavy (non-hydrogen) atoms. The van der Waals surface area contributed by atoms with Gasteiger partial charge < -0.3 is 15.4 Å². The molecule has 6 nitrogen and oxygen atoms in total. The zero-order valence-electron chi connectivity index (χ0n) is 7.20. The van der Waals surface area contributed by atoms with E-state index >= 15 is 0 Å². The zero-order valence-corrected chi connectivity index (χ0v) is 7.20. The molecular formula is C6H11N3O3. The lowest BCUT2D eigenvalue weighted by atomic mass is 10.2. The summed E-state index contributed by atoms with van der Waals surface area (Å²) >= 11 is 0. The summed E-state index contributed by atoms with van der Waals surface area (Å²) in [6.07, 6.45) is 0. The third kappa shape index (κ3) is 3.00. The summed E-state index contributed by atoms with van der Waals surface area (Å²) in [7, 11) is 2.66. The number of carbonyl (C=O) groups excluding carboxylic acids is 1. The molecular weight excluding hydrogens is 162 g/mol. The van der Waals surface area contributed by atoms with Gasteiger partial charge in [0.15, 0.2) is 5.71 Å². The zero-order chi connectivity index (χ0) is 9.56. The smallest absolute Gasteiger partial charge is 0.272 e. The molecule has 0 saturated carbocycles. The molecule has 0 saturated heterocycles. The molecule has 0 spiro atoms. The van der Waals surface area contributed by atoms with Crippen LogP contribution < -0.4 is 5.73 Å². The number of hydrogen-bond donors (Lipinski definition) is 1. The van der Waals surface area contributed by atoms with Crippen molar-refractivity contribution >= 4 is 17.3 Å². The van der Waals surface area contributed by atoms with Crippen LogP contribution in [0.2, 0.25) is 0 Å². The highest BCUT2D eigenvalue weighted by molar-refractivity contribution is 6.66. The molecule has 0 fully saturated rings. The fraction of sp³-hybridized carbons (Fsp3) is 0.500. The van der Waals surface area contributed by atoms with Gasteiger partial charge in [-0.3, -0.25) is 4.79 Å². The quantitative estimate of drug-likeness (QED) is 0.459. The highest BCUT2D eigenvalue weighted by atomic mass is 16.6. The largest absolute Gasteiger partial charge is 0.399 e. The van der Waals surface area contributed by atoms with E-state index in [0.717, 1.165) is 0 Å². The Bertz CT molecular complexity index is 222. The molecule has 0 aromatic heterocycles. The summed E-state index contributed by atoms with van der Waals surface area (Å²) in [5.74, 6) is -0.713. The maximum absolute atomic E-state index is 10.7. The van der Waals surface area contributed by atoms with Crippen molar-refractivity contribution in [1.82, 2.24) is 0 Å². The van der Waals surface area contributed by atoms with Crippen LogP contribution in [-0.2, 0) is 14.5 Å². The van der Waals surface area contributed by atoms with Crippen molar-refractivity contribution in [3.63, 3.8) is 0 Å². The van der Waals surface area contributed by atoms with Crippen molar-refractivity contribution < 1.29 is 14.5 Å². The van der Waals surface area contributed by atoms with Crippen LogP contribution in [-0.4, -0.2) is 31.6 Å². The normalized spacial score (nSPS) is 12.6. The SMILES string of the molecule is CON=C(C)C(=NOC)C(N)=O. The summed E-state index contributed by atoms with van der Waals surface area (Å²) < 4.78 is 0. The molecule has 68 valence electrons. The van der Waals surface area contributed by atoms with E-state index in [-0.39, 0.29) is 11.4 Å². The number of amides is 1. The predicted octanol–water partition coefficient (Wildman–Crippen LogP) is -0.504. The van der Waals surface area contributed by atoms with Crippen molar-refractivity contribution in [2.75, 3.05) is 14.2 Å². The molecule has 0 aromatic rings. The second-order valence-electron chi connectivity index (χ2n) is 1.85. The van der Waals surface area contributed by atoms with Gasteiger partial charge in [-0.15, -0.1) is 0 Å². The second-order valence-corrected chi connectivity index (χ2v) is 1.85. The molecule has 0 rings (SSSR count). The van der Waals surface area contributed by atoms with Gasteiger partial charge in [0, 0.05) is 0 Å². The van der Waals surface area contributed by atoms with Gasteiger partial charge in [0.2, 0.25) is 0 Å². The molecule has 0 aliphatic heterocycles. The summed E-state index contributed by atoms with van der Waals surface area (Å²) in [4.78, 5) is 19.5. The number of nitrogens with two attached hydrogens (primary N) is 1. The lowest BCUT2D eigenvalue weighted by molar-refractivity contribution is -0.112. The van der Waals surface area contributed by atoms with Gasteiger partial charge in [0.1, 0.15) is 19.9 Å². The summed E-state index contributed by atoms with van der Waals surface area (Å²) in [6.45, 7) is 1.53. The van der Waals surface area contributed by atoms with Crippen LogP contribution in [0, 0.1) is 0 Å². The number of primary amides is 1. The molecule has 0 aliphatic rings. The van der Waals surface area contributed by atoms with Crippen LogP contribution in [0.1, 0.15) is 6.92 Å². The van der Waals surface area contributed by atoms with Gasteiger partial charge in [-0.2, -0.15) is 0 Å². The van der Waals surface area contributed by atoms with Crippen molar-refractivity contribution in [2.24, 2.45) is 16.0 Å². The summed E-state index contributed by atoms with van der Waals surface area (Å²) in [5, 5.41) is 6.84. The second kappa shape index (κ2) is 5.11. The minimum atomic E-state index is -0.713. The first kappa shape index (κ1) is 10.4. The third-order valence-corrected chi connectivity index (χ3v) is 0.987. The Kier molecular flexibility index (Phi) is 4.43. The van der Waals surface area contributed by atoms with Gasteiger partial charge >= 0.3 is 0 Å². The fourth-order valence-electron chi connectivity index (χ4n) is 0.561. The van der Waals surface area contributed by atoms with Crippen LogP contribution in [0.3, 0.4) is 0 Å². The van der Waals surface area contributed by atoms with Gasteiger partial charge in [0.25, 0.3) is 5.91 Å². The first-order valence-corrected chi connectivity index (χ1v) is 3.12. The van der Waals surface area contributed by atoms with Crippen LogP contribution in [0.15, 0.2) is 10.3 Å². The van der Waals surface area contributed by atoms with Crippen molar-refractivity contribution in [2.45, 2.75) is 6.92 Å². The van der Waals surface area contributed by atoms with E-state index in [1.54, 1.807) is 0 Å². The Balaban J connectivity index is 4.64. The van der Waals surface area contributed by atoms with Gasteiger partial charge in [-0.1, -0.05) is 10.3 Å². The van der Waals surface area contributed by atoms with E-state index in [9.17, 15) is 4.79 Å². The molecule has 0 aliphatic carbocycles. The first-order chi connectivity index (χ1) is 5.63. The third-order valence-electron chi connectivity index (χ3n) is 0.987. The number of oxime groups is 2. The first-order valence-electron chi connectivity index (χ1n) is 3.12. The molecule has 0 atom stereocenters. The maximum atomic E-state index is 10.7. The fourth-order valence-corrected chi connectivity index (χ4v) is 0.561. The van der Waals surface area contributed by atoms with Crippen LogP contribution in [0.4, 0.5) is 0 Å². The van der Waals surface area contributed by atoms with Gasteiger partial charge in [-0.05, 0) is 6.92 Å². The lowest BCUT2D eigenvalue weighted by Crippen LogP contribution is -2.29. The number of rotatable bonds is 4. The van der Waals surface area contributed by atoms with Crippen LogP contribution in [0.25, 0.3) is 0 Å². The highest BCUT2D eigenvalue weighted by Crippen LogP contribution is 1.86. The lowest BCUT2D eigenvalue weighted by Gasteiger charge is -1.98. The Labute approximate surface area is 70.0 Å². The molecule has 1 amide bonds. The van der Waals surface area contributed by atoms with Gasteiger partial charge in [0.05, 0.1) is 0 Å². The van der Waals surface area contributed by atoms with E-state index in [2.05, 4.69) is 20.0 Å². The molecule has 0 unspecified atom stereocenters. The number of hydrogen-bond acceptors (Lipinski definition) is 5. The average molecular weight is 173 g/mol. The standard InChI is InChI=1S/C6H11N3O3/c1-4(8-11-2)5(6(7)10)9-12-3/h1-3H3,(H2,7,10). The Morgan fingerprint density at radius 3 is 2.08 bits per heavy atom. The molecule has 0 heterocycles. The van der Waals surface area contributed by atoms with Crippen molar-refractivity contribution in [3.8, 4) is 0 Å². The van der Waals surface area contributed by atoms with Crippen molar-refractivity contribution in [3.05, 3.63) is 0 Å². The van der Waals surface area contributed by atoms with E-state index in [4.69, 9.17) is 5.73 Å². The van der Waals surface area contributed by atoms with Crippen LogP contribution >= 0.6 is 0 Å². The predicted molar refractivity (Wildman–Crippen MR) is 43.8 cm³/mol. The number of carbonyl (C=O) groups is 1. The topological polar surface area (TPSA) is 86.3 Å². The van der Waals surface area contributed by atoms with E-state index < -0.39 is 5.91 Å². The average Bonchev–Trinajstić information content (AvgIpc) is 1.99. The minimum absolute atomic E-state index is 0.0562. The monoisotopic (exact) mass is 173 g/mol. The molecule has 0 bridgehead atoms. The highest BCUT2D eigenvalue weighted by Gasteiger charge is 2.12. The molecule has 0 aromatic carbocycles. The summed E-state index contributed by atoms with van der Waals surface area (Å²) in [6, 6.07) is 0. The number of nitrogens with zero attached hydrogens (tertiary/aromatic N) is 2. The van der Waals surface area contributed by atoms with Gasteiger partial charge in [-0.25, -0.2) is 0 Å². The minimum Gasteiger partial charge on any atom is -0.399 e. The molecule has 0 radical (unpaired) electrons. The maximum Gasteiger partial charge on any atom is 0.272 e. The van der Waals surface area contributed by atoms with E-state index in [1.807, 2.05) is 0 Å². The Hall–Kier alpha value is -1.59. The van der Waals surface area contributed by atoms with E-state index in [0.29, 0.717) is 0 Å². The van der Waals surface area contributed by atoms with Crippen LogP contribution in [0.5, 0.6) is 0 Å². The molecule has 6 heteroatoms. The molecule has 2 N–H and O–H groups in total.